The Bertz CT molecular complexity index is 287. The van der Waals surface area contributed by atoms with Crippen molar-refractivity contribution in [2.24, 2.45) is 17.3 Å². The van der Waals surface area contributed by atoms with Crippen LogP contribution >= 0.6 is 0 Å². The second-order valence-corrected chi connectivity index (χ2v) is 7.30. The van der Waals surface area contributed by atoms with E-state index in [4.69, 9.17) is 4.74 Å². The van der Waals surface area contributed by atoms with Crippen LogP contribution in [-0.4, -0.2) is 62.3 Å². The van der Waals surface area contributed by atoms with Gasteiger partial charge in [-0.05, 0) is 45.6 Å². The van der Waals surface area contributed by atoms with Crippen molar-refractivity contribution in [2.75, 3.05) is 46.4 Å². The minimum atomic E-state index is 0.383. The Hall–Kier alpha value is -0.120. The predicted octanol–water partition coefficient (Wildman–Crippen LogP) is 1.69. The van der Waals surface area contributed by atoms with Crippen LogP contribution in [0.3, 0.4) is 0 Å². The highest BCUT2D eigenvalue weighted by Gasteiger charge is 2.47. The molecule has 0 bridgehead atoms. The SMILES string of the molecule is CC(C)OCC1(CN2CC3CN(C)CC3C2)CC1. The van der Waals surface area contributed by atoms with Crippen LogP contribution in [0.25, 0.3) is 0 Å². The topological polar surface area (TPSA) is 15.7 Å². The fraction of sp³-hybridized carbons (Fsp3) is 1.00. The maximum absolute atomic E-state index is 5.86. The quantitative estimate of drug-likeness (QED) is 0.740. The Morgan fingerprint density at radius 2 is 1.72 bits per heavy atom. The van der Waals surface area contributed by atoms with Crippen molar-refractivity contribution in [1.29, 1.82) is 0 Å². The van der Waals surface area contributed by atoms with E-state index >= 15 is 0 Å². The van der Waals surface area contributed by atoms with Crippen LogP contribution in [0.15, 0.2) is 0 Å². The van der Waals surface area contributed by atoms with E-state index < -0.39 is 0 Å². The van der Waals surface area contributed by atoms with Gasteiger partial charge in [0.1, 0.15) is 0 Å². The van der Waals surface area contributed by atoms with Gasteiger partial charge in [-0.25, -0.2) is 0 Å². The van der Waals surface area contributed by atoms with E-state index in [1.165, 1.54) is 45.6 Å². The summed E-state index contributed by atoms with van der Waals surface area (Å²) in [7, 11) is 2.27. The fourth-order valence-corrected chi connectivity index (χ4v) is 3.80. The summed E-state index contributed by atoms with van der Waals surface area (Å²) in [6.45, 7) is 11.9. The normalized spacial score (nSPS) is 35.3. The molecule has 0 spiro atoms. The summed E-state index contributed by atoms with van der Waals surface area (Å²) in [4.78, 5) is 5.22. The van der Waals surface area contributed by atoms with E-state index in [9.17, 15) is 0 Å². The zero-order valence-electron chi connectivity index (χ0n) is 12.2. The molecule has 18 heavy (non-hydrogen) atoms. The molecule has 0 amide bonds. The third-order valence-electron chi connectivity index (χ3n) is 4.98. The van der Waals surface area contributed by atoms with Crippen LogP contribution < -0.4 is 0 Å². The summed E-state index contributed by atoms with van der Waals surface area (Å²) >= 11 is 0. The van der Waals surface area contributed by atoms with Crippen molar-refractivity contribution >= 4 is 0 Å². The van der Waals surface area contributed by atoms with Crippen LogP contribution in [-0.2, 0) is 4.74 Å². The third kappa shape index (κ3) is 2.73. The lowest BCUT2D eigenvalue weighted by Crippen LogP contribution is -2.34. The molecule has 0 radical (unpaired) electrons. The van der Waals surface area contributed by atoms with E-state index in [-0.39, 0.29) is 0 Å². The molecule has 2 atom stereocenters. The van der Waals surface area contributed by atoms with Gasteiger partial charge in [0.15, 0.2) is 0 Å². The number of rotatable bonds is 5. The van der Waals surface area contributed by atoms with Gasteiger partial charge in [-0.2, -0.15) is 0 Å². The molecule has 3 aliphatic rings. The molecule has 0 N–H and O–H groups in total. The maximum Gasteiger partial charge on any atom is 0.0538 e. The number of hydrogen-bond donors (Lipinski definition) is 0. The lowest BCUT2D eigenvalue weighted by atomic mass is 10.0. The molecule has 1 saturated carbocycles. The summed E-state index contributed by atoms with van der Waals surface area (Å²) in [6, 6.07) is 0. The Morgan fingerprint density at radius 3 is 2.22 bits per heavy atom. The number of hydrogen-bond acceptors (Lipinski definition) is 3. The highest BCUT2D eigenvalue weighted by molar-refractivity contribution is 4.99. The Labute approximate surface area is 111 Å². The Balaban J connectivity index is 1.47. The lowest BCUT2D eigenvalue weighted by molar-refractivity contribution is 0.0325. The van der Waals surface area contributed by atoms with Gasteiger partial charge < -0.3 is 14.5 Å². The van der Waals surface area contributed by atoms with E-state index in [0.717, 1.165) is 18.4 Å². The first-order valence-electron chi connectivity index (χ1n) is 7.59. The maximum atomic E-state index is 5.86. The summed E-state index contributed by atoms with van der Waals surface area (Å²) < 4.78 is 5.86. The molecular formula is C15H28N2O. The number of likely N-dealkylation sites (tertiary alicyclic amines) is 2. The van der Waals surface area contributed by atoms with E-state index in [1.807, 2.05) is 0 Å². The third-order valence-corrected chi connectivity index (χ3v) is 4.98. The van der Waals surface area contributed by atoms with Crippen molar-refractivity contribution in [1.82, 2.24) is 9.80 Å². The van der Waals surface area contributed by atoms with Gasteiger partial charge in [-0.15, -0.1) is 0 Å². The van der Waals surface area contributed by atoms with Gasteiger partial charge in [-0.1, -0.05) is 0 Å². The van der Waals surface area contributed by atoms with E-state index in [1.54, 1.807) is 0 Å². The van der Waals surface area contributed by atoms with Crippen LogP contribution in [0.1, 0.15) is 26.7 Å². The molecule has 3 rings (SSSR count). The van der Waals surface area contributed by atoms with Gasteiger partial charge >= 0.3 is 0 Å². The monoisotopic (exact) mass is 252 g/mol. The first-order valence-corrected chi connectivity index (χ1v) is 7.59. The van der Waals surface area contributed by atoms with Gasteiger partial charge in [0.2, 0.25) is 0 Å². The van der Waals surface area contributed by atoms with Gasteiger partial charge in [-0.3, -0.25) is 0 Å². The standard InChI is InChI=1S/C15H28N2O/c1-12(2)18-11-15(4-5-15)10-17-8-13-6-16(3)7-14(13)9-17/h12-14H,4-11H2,1-3H3. The van der Waals surface area contributed by atoms with Gasteiger partial charge in [0.25, 0.3) is 0 Å². The van der Waals surface area contributed by atoms with E-state index in [0.29, 0.717) is 11.5 Å². The Kier molecular flexibility index (Phi) is 3.41. The average Bonchev–Trinajstić information content (AvgIpc) is 2.82. The van der Waals surface area contributed by atoms with Crippen molar-refractivity contribution in [3.63, 3.8) is 0 Å². The molecule has 104 valence electrons. The lowest BCUT2D eigenvalue weighted by Gasteiger charge is -2.25. The zero-order valence-corrected chi connectivity index (χ0v) is 12.2. The zero-order chi connectivity index (χ0) is 12.8. The molecule has 2 unspecified atom stereocenters. The number of ether oxygens (including phenoxy) is 1. The van der Waals surface area contributed by atoms with Crippen LogP contribution in [0.5, 0.6) is 0 Å². The van der Waals surface area contributed by atoms with Crippen LogP contribution in [0, 0.1) is 17.3 Å². The van der Waals surface area contributed by atoms with E-state index in [2.05, 4.69) is 30.7 Å². The molecule has 0 aromatic carbocycles. The first kappa shape index (κ1) is 12.9. The molecule has 1 aliphatic carbocycles. The summed E-state index contributed by atoms with van der Waals surface area (Å²) in [5, 5.41) is 0. The van der Waals surface area contributed by atoms with Gasteiger partial charge in [0.05, 0.1) is 12.7 Å². The summed E-state index contributed by atoms with van der Waals surface area (Å²) in [5.41, 5.74) is 0.523. The van der Waals surface area contributed by atoms with Crippen LogP contribution in [0.2, 0.25) is 0 Å². The van der Waals surface area contributed by atoms with Crippen molar-refractivity contribution in [3.05, 3.63) is 0 Å². The number of nitrogens with zero attached hydrogens (tertiary/aromatic N) is 2. The highest BCUT2D eigenvalue weighted by Crippen LogP contribution is 2.47. The second kappa shape index (κ2) is 4.77. The average molecular weight is 252 g/mol. The van der Waals surface area contributed by atoms with Crippen molar-refractivity contribution < 1.29 is 4.74 Å². The smallest absolute Gasteiger partial charge is 0.0538 e. The molecule has 2 saturated heterocycles. The van der Waals surface area contributed by atoms with Crippen molar-refractivity contribution in [2.45, 2.75) is 32.8 Å². The van der Waals surface area contributed by atoms with Gasteiger partial charge in [0, 0.05) is 38.1 Å². The highest BCUT2D eigenvalue weighted by atomic mass is 16.5. The number of fused-ring (bicyclic) bond motifs is 1. The summed E-state index contributed by atoms with van der Waals surface area (Å²) in [5.74, 6) is 1.88. The minimum absolute atomic E-state index is 0.383. The molecule has 2 heterocycles. The first-order chi connectivity index (χ1) is 8.56. The predicted molar refractivity (Wildman–Crippen MR) is 73.7 cm³/mol. The molecule has 0 aromatic heterocycles. The molecule has 2 aliphatic heterocycles. The minimum Gasteiger partial charge on any atom is -0.378 e. The summed E-state index contributed by atoms with van der Waals surface area (Å²) in [6.07, 6.45) is 3.14. The molecule has 3 nitrogen and oxygen atoms in total. The molecule has 3 heteroatoms. The van der Waals surface area contributed by atoms with Crippen molar-refractivity contribution in [3.8, 4) is 0 Å². The van der Waals surface area contributed by atoms with Crippen LogP contribution in [0.4, 0.5) is 0 Å². The molecule has 3 fully saturated rings. The fourth-order valence-electron chi connectivity index (χ4n) is 3.80. The molecule has 0 aromatic rings. The molecular weight excluding hydrogens is 224 g/mol. The second-order valence-electron chi connectivity index (χ2n) is 7.30. The Morgan fingerprint density at radius 1 is 1.11 bits per heavy atom. The largest absolute Gasteiger partial charge is 0.378 e.